The van der Waals surface area contributed by atoms with Gasteiger partial charge in [-0.2, -0.15) is 13.2 Å². The Morgan fingerprint density at radius 3 is 2.50 bits per heavy atom. The molecule has 0 heterocycles. The highest BCUT2D eigenvalue weighted by atomic mass is 79.9. The van der Waals surface area contributed by atoms with Gasteiger partial charge >= 0.3 is 6.18 Å². The molecule has 0 fully saturated rings. The molecule has 6 heteroatoms. The summed E-state index contributed by atoms with van der Waals surface area (Å²) in [6.45, 7) is -0.369. The molecule has 16 heavy (non-hydrogen) atoms. The summed E-state index contributed by atoms with van der Waals surface area (Å²) in [7, 11) is 0. The number of para-hydroxylation sites is 1. The minimum Gasteiger partial charge on any atom is -0.492 e. The number of halogens is 5. The van der Waals surface area contributed by atoms with Crippen molar-refractivity contribution in [3.05, 3.63) is 28.2 Å². The Morgan fingerprint density at radius 1 is 1.25 bits per heavy atom. The minimum atomic E-state index is -4.18. The van der Waals surface area contributed by atoms with Crippen LogP contribution in [0.5, 0.6) is 5.75 Å². The molecule has 0 unspecified atom stereocenters. The molecule has 0 bridgehead atoms. The second-order valence-electron chi connectivity index (χ2n) is 3.08. The molecule has 90 valence electrons. The van der Waals surface area contributed by atoms with Crippen LogP contribution in [-0.4, -0.2) is 12.8 Å². The molecule has 1 aromatic rings. The summed E-state index contributed by atoms with van der Waals surface area (Å²) in [5.74, 6) is 0.462. The minimum absolute atomic E-state index is 0.369. The highest BCUT2D eigenvalue weighted by molar-refractivity contribution is 9.10. The van der Waals surface area contributed by atoms with Crippen LogP contribution < -0.4 is 4.74 Å². The molecule has 0 N–H and O–H groups in total. The molecule has 0 radical (unpaired) electrons. The monoisotopic (exact) mass is 360 g/mol. The van der Waals surface area contributed by atoms with E-state index in [9.17, 15) is 13.2 Å². The maximum absolute atomic E-state index is 11.9. The van der Waals surface area contributed by atoms with Crippen molar-refractivity contribution in [3.8, 4) is 5.75 Å². The SMILES string of the molecule is FC(F)(F)CCOc1c(Br)cccc1CBr. The van der Waals surface area contributed by atoms with Crippen molar-refractivity contribution in [2.45, 2.75) is 17.9 Å². The standard InChI is InChI=1S/C10H9Br2F3O/c11-6-7-2-1-3-8(12)9(7)16-5-4-10(13,14)15/h1-3H,4-6H2. The van der Waals surface area contributed by atoms with E-state index in [2.05, 4.69) is 31.9 Å². The number of alkyl halides is 4. The zero-order valence-corrected chi connectivity index (χ0v) is 11.3. The Morgan fingerprint density at radius 2 is 1.94 bits per heavy atom. The van der Waals surface area contributed by atoms with Crippen molar-refractivity contribution in [2.75, 3.05) is 6.61 Å². The molecule has 0 saturated carbocycles. The first-order valence-corrected chi connectivity index (χ1v) is 6.38. The quantitative estimate of drug-likeness (QED) is 0.708. The van der Waals surface area contributed by atoms with Gasteiger partial charge in [-0.05, 0) is 22.0 Å². The van der Waals surface area contributed by atoms with Crippen LogP contribution in [-0.2, 0) is 5.33 Å². The van der Waals surface area contributed by atoms with E-state index in [0.717, 1.165) is 5.56 Å². The normalized spacial score (nSPS) is 11.6. The van der Waals surface area contributed by atoms with Crippen LogP contribution in [0.25, 0.3) is 0 Å². The van der Waals surface area contributed by atoms with E-state index < -0.39 is 12.6 Å². The van der Waals surface area contributed by atoms with Crippen LogP contribution in [0.15, 0.2) is 22.7 Å². The van der Waals surface area contributed by atoms with Crippen LogP contribution in [0.1, 0.15) is 12.0 Å². The van der Waals surface area contributed by atoms with Gasteiger partial charge in [0.15, 0.2) is 0 Å². The first kappa shape index (κ1) is 13.8. The average Bonchev–Trinajstić information content (AvgIpc) is 2.18. The zero-order chi connectivity index (χ0) is 12.2. The maximum atomic E-state index is 11.9. The van der Waals surface area contributed by atoms with E-state index in [4.69, 9.17) is 4.74 Å². The smallest absolute Gasteiger partial charge is 0.392 e. The van der Waals surface area contributed by atoms with Crippen molar-refractivity contribution < 1.29 is 17.9 Å². The number of ether oxygens (including phenoxy) is 1. The molecule has 0 spiro atoms. The number of hydrogen-bond donors (Lipinski definition) is 0. The molecule has 0 atom stereocenters. The maximum Gasteiger partial charge on any atom is 0.392 e. The largest absolute Gasteiger partial charge is 0.492 e. The van der Waals surface area contributed by atoms with E-state index in [1.165, 1.54) is 0 Å². The molecule has 0 aliphatic rings. The van der Waals surface area contributed by atoms with Gasteiger partial charge in [0.25, 0.3) is 0 Å². The predicted molar refractivity (Wildman–Crippen MR) is 62.9 cm³/mol. The van der Waals surface area contributed by atoms with Crippen LogP contribution in [0, 0.1) is 0 Å². The Balaban J connectivity index is 2.66. The second kappa shape index (κ2) is 5.91. The van der Waals surface area contributed by atoms with Gasteiger partial charge in [0.1, 0.15) is 5.75 Å². The van der Waals surface area contributed by atoms with Crippen molar-refractivity contribution in [2.24, 2.45) is 0 Å². The summed E-state index contributed by atoms with van der Waals surface area (Å²) in [6, 6.07) is 5.33. The fourth-order valence-electron chi connectivity index (χ4n) is 1.09. The van der Waals surface area contributed by atoms with Crippen molar-refractivity contribution in [3.63, 3.8) is 0 Å². The number of hydrogen-bond acceptors (Lipinski definition) is 1. The van der Waals surface area contributed by atoms with Crippen molar-refractivity contribution in [1.29, 1.82) is 0 Å². The molecule has 0 aliphatic carbocycles. The third-order valence-electron chi connectivity index (χ3n) is 1.82. The summed E-state index contributed by atoms with van der Waals surface area (Å²) in [5.41, 5.74) is 0.816. The van der Waals surface area contributed by atoms with Gasteiger partial charge in [-0.1, -0.05) is 28.1 Å². The molecular weight excluding hydrogens is 353 g/mol. The summed E-state index contributed by atoms with van der Waals surface area (Å²) in [6.07, 6.45) is -5.13. The number of rotatable bonds is 4. The Kier molecular flexibility index (Phi) is 5.11. The molecule has 1 aromatic carbocycles. The summed E-state index contributed by atoms with van der Waals surface area (Å²) in [4.78, 5) is 0. The Labute approximate surface area is 108 Å². The van der Waals surface area contributed by atoms with Crippen LogP contribution in [0.2, 0.25) is 0 Å². The summed E-state index contributed by atoms with van der Waals surface area (Å²) >= 11 is 6.49. The zero-order valence-electron chi connectivity index (χ0n) is 8.15. The number of benzene rings is 1. The summed E-state index contributed by atoms with van der Waals surface area (Å²) in [5, 5.41) is 0.536. The van der Waals surface area contributed by atoms with E-state index in [1.807, 2.05) is 0 Å². The average molecular weight is 362 g/mol. The molecule has 0 aliphatic heterocycles. The van der Waals surface area contributed by atoms with E-state index in [1.54, 1.807) is 18.2 Å². The van der Waals surface area contributed by atoms with Gasteiger partial charge in [0.05, 0.1) is 17.5 Å². The molecule has 1 rings (SSSR count). The lowest BCUT2D eigenvalue weighted by atomic mass is 10.2. The molecule has 0 saturated heterocycles. The molecule has 0 amide bonds. The first-order chi connectivity index (χ1) is 7.44. The Hall–Kier alpha value is -0.230. The van der Waals surface area contributed by atoms with Gasteiger partial charge < -0.3 is 4.74 Å². The van der Waals surface area contributed by atoms with Crippen LogP contribution in [0.4, 0.5) is 13.2 Å². The lowest BCUT2D eigenvalue weighted by Crippen LogP contribution is -2.13. The van der Waals surface area contributed by atoms with Gasteiger partial charge in [0.2, 0.25) is 0 Å². The van der Waals surface area contributed by atoms with E-state index in [0.29, 0.717) is 15.6 Å². The third-order valence-corrected chi connectivity index (χ3v) is 3.05. The molecule has 0 aromatic heterocycles. The Bertz CT molecular complexity index is 352. The summed E-state index contributed by atoms with van der Waals surface area (Å²) < 4.78 is 41.6. The topological polar surface area (TPSA) is 9.23 Å². The molecule has 1 nitrogen and oxygen atoms in total. The van der Waals surface area contributed by atoms with Gasteiger partial charge in [-0.15, -0.1) is 0 Å². The predicted octanol–water partition coefficient (Wildman–Crippen LogP) is 4.68. The van der Waals surface area contributed by atoms with Crippen molar-refractivity contribution >= 4 is 31.9 Å². The van der Waals surface area contributed by atoms with Gasteiger partial charge in [-0.3, -0.25) is 0 Å². The fraction of sp³-hybridized carbons (Fsp3) is 0.400. The second-order valence-corrected chi connectivity index (χ2v) is 4.49. The van der Waals surface area contributed by atoms with E-state index in [-0.39, 0.29) is 6.61 Å². The van der Waals surface area contributed by atoms with Gasteiger partial charge in [-0.25, -0.2) is 0 Å². The van der Waals surface area contributed by atoms with Gasteiger partial charge in [0, 0.05) is 10.9 Å². The first-order valence-electron chi connectivity index (χ1n) is 4.47. The van der Waals surface area contributed by atoms with E-state index >= 15 is 0 Å². The fourth-order valence-corrected chi connectivity index (χ4v) is 2.05. The van der Waals surface area contributed by atoms with Crippen LogP contribution in [0.3, 0.4) is 0 Å². The van der Waals surface area contributed by atoms with Crippen LogP contribution >= 0.6 is 31.9 Å². The highest BCUT2D eigenvalue weighted by Crippen LogP contribution is 2.31. The van der Waals surface area contributed by atoms with Crippen molar-refractivity contribution in [1.82, 2.24) is 0 Å². The molecular formula is C10H9Br2F3O. The third kappa shape index (κ3) is 4.33. The lowest BCUT2D eigenvalue weighted by Gasteiger charge is -2.12. The lowest BCUT2D eigenvalue weighted by molar-refractivity contribution is -0.139. The highest BCUT2D eigenvalue weighted by Gasteiger charge is 2.27.